The molecule has 4 nitrogen and oxygen atoms in total. The summed E-state index contributed by atoms with van der Waals surface area (Å²) >= 11 is 3.36. The third kappa shape index (κ3) is 4.41. The second kappa shape index (κ2) is 7.38. The van der Waals surface area contributed by atoms with Gasteiger partial charge in [0.15, 0.2) is 0 Å². The van der Waals surface area contributed by atoms with Gasteiger partial charge in [0.2, 0.25) is 5.91 Å². The average Bonchev–Trinajstić information content (AvgIpc) is 2.48. The van der Waals surface area contributed by atoms with Crippen LogP contribution in [0.25, 0.3) is 0 Å². The third-order valence-corrected chi connectivity index (χ3v) is 5.21. The van der Waals surface area contributed by atoms with Gasteiger partial charge in [-0.15, -0.1) is 0 Å². The first kappa shape index (κ1) is 15.7. The van der Waals surface area contributed by atoms with E-state index >= 15 is 0 Å². The quantitative estimate of drug-likeness (QED) is 0.798. The van der Waals surface area contributed by atoms with Crippen molar-refractivity contribution in [1.82, 2.24) is 0 Å². The van der Waals surface area contributed by atoms with Crippen LogP contribution in [-0.2, 0) is 15.6 Å². The van der Waals surface area contributed by atoms with Crippen molar-refractivity contribution in [2.24, 2.45) is 0 Å². The van der Waals surface area contributed by atoms with Gasteiger partial charge in [0.05, 0.1) is 27.1 Å². The maximum Gasteiger partial charge on any atom is 0.225 e. The third-order valence-electron chi connectivity index (χ3n) is 2.83. The van der Waals surface area contributed by atoms with Gasteiger partial charge in [-0.3, -0.25) is 9.00 Å². The van der Waals surface area contributed by atoms with Crippen LogP contribution in [-0.4, -0.2) is 15.9 Å². The van der Waals surface area contributed by atoms with Gasteiger partial charge in [-0.05, 0) is 40.2 Å². The van der Waals surface area contributed by atoms with E-state index in [9.17, 15) is 9.00 Å². The summed E-state index contributed by atoms with van der Waals surface area (Å²) in [6, 6.07) is 14.3. The highest BCUT2D eigenvalue weighted by Crippen LogP contribution is 2.21. The molecule has 6 heteroatoms. The second-order valence-electron chi connectivity index (χ2n) is 4.37. The zero-order chi connectivity index (χ0) is 15.2. The highest BCUT2D eigenvalue weighted by Gasteiger charge is 2.11. The van der Waals surface area contributed by atoms with E-state index in [0.29, 0.717) is 16.3 Å². The Kier molecular flexibility index (Phi) is 5.52. The van der Waals surface area contributed by atoms with Crippen molar-refractivity contribution in [3.05, 3.63) is 53.0 Å². The molecule has 1 atom stereocenters. The van der Waals surface area contributed by atoms with Crippen molar-refractivity contribution < 1.29 is 9.00 Å². The van der Waals surface area contributed by atoms with Crippen molar-refractivity contribution in [1.29, 1.82) is 0 Å². The van der Waals surface area contributed by atoms with Crippen molar-refractivity contribution in [3.8, 4) is 0 Å². The lowest BCUT2D eigenvalue weighted by molar-refractivity contribution is -0.115. The molecular weight excluding hydrogens is 352 g/mol. The van der Waals surface area contributed by atoms with Gasteiger partial charge in [-0.2, -0.15) is 0 Å². The Morgan fingerprint density at radius 2 is 1.81 bits per heavy atom. The van der Waals surface area contributed by atoms with Gasteiger partial charge in [0.1, 0.15) is 0 Å². The molecule has 0 heterocycles. The highest BCUT2D eigenvalue weighted by atomic mass is 79.9. The summed E-state index contributed by atoms with van der Waals surface area (Å²) in [5.41, 5.74) is 6.84. The minimum absolute atomic E-state index is 0.169. The van der Waals surface area contributed by atoms with E-state index in [2.05, 4.69) is 21.2 Å². The fraction of sp³-hybridized carbons (Fsp3) is 0.133. The molecule has 2 aromatic carbocycles. The van der Waals surface area contributed by atoms with Crippen LogP contribution < -0.4 is 11.1 Å². The van der Waals surface area contributed by atoms with Crippen LogP contribution in [0.5, 0.6) is 0 Å². The number of halogens is 1. The highest BCUT2D eigenvalue weighted by molar-refractivity contribution is 9.10. The number of hydrogen-bond donors (Lipinski definition) is 2. The van der Waals surface area contributed by atoms with Crippen molar-refractivity contribution in [2.75, 3.05) is 16.8 Å². The number of nitrogens with one attached hydrogen (secondary N) is 1. The van der Waals surface area contributed by atoms with Gasteiger partial charge in [0, 0.05) is 16.6 Å². The standard InChI is InChI=1S/C15H15BrN2O2S/c16-11-5-1-4-8-14(11)21(20)10-9-15(19)18-13-7-3-2-6-12(13)17/h1-8H,9-10,17H2,(H,18,19). The lowest BCUT2D eigenvalue weighted by atomic mass is 10.2. The zero-order valence-electron chi connectivity index (χ0n) is 11.2. The molecule has 0 bridgehead atoms. The molecule has 0 saturated carbocycles. The molecule has 0 aromatic heterocycles. The number of benzene rings is 2. The number of rotatable bonds is 5. The van der Waals surface area contributed by atoms with Gasteiger partial charge < -0.3 is 11.1 Å². The molecule has 0 aliphatic carbocycles. The molecule has 0 aliphatic heterocycles. The molecule has 21 heavy (non-hydrogen) atoms. The lowest BCUT2D eigenvalue weighted by Gasteiger charge is -2.08. The van der Waals surface area contributed by atoms with Crippen molar-refractivity contribution in [3.63, 3.8) is 0 Å². The number of nitrogens with two attached hydrogens (primary N) is 1. The first-order chi connectivity index (χ1) is 10.1. The van der Waals surface area contributed by atoms with E-state index in [-0.39, 0.29) is 18.1 Å². The molecular formula is C15H15BrN2O2S. The maximum atomic E-state index is 12.2. The molecule has 2 rings (SSSR count). The smallest absolute Gasteiger partial charge is 0.225 e. The minimum atomic E-state index is -1.22. The Balaban J connectivity index is 1.91. The predicted molar refractivity (Wildman–Crippen MR) is 89.5 cm³/mol. The Bertz CT molecular complexity index is 676. The predicted octanol–water partition coefficient (Wildman–Crippen LogP) is 3.17. The molecule has 1 unspecified atom stereocenters. The molecule has 3 N–H and O–H groups in total. The van der Waals surface area contributed by atoms with Crippen molar-refractivity contribution >= 4 is 44.0 Å². The summed E-state index contributed by atoms with van der Waals surface area (Å²) in [4.78, 5) is 12.6. The van der Waals surface area contributed by atoms with Gasteiger partial charge in [0.25, 0.3) is 0 Å². The zero-order valence-corrected chi connectivity index (χ0v) is 13.6. The number of carbonyl (C=O) groups excluding carboxylic acids is 1. The van der Waals surface area contributed by atoms with E-state index in [1.165, 1.54) is 0 Å². The molecule has 110 valence electrons. The summed E-state index contributed by atoms with van der Waals surface area (Å²) < 4.78 is 13.0. The Morgan fingerprint density at radius 3 is 2.52 bits per heavy atom. The average molecular weight is 367 g/mol. The van der Waals surface area contributed by atoms with Crippen LogP contribution in [0, 0.1) is 0 Å². The SMILES string of the molecule is Nc1ccccc1NC(=O)CCS(=O)c1ccccc1Br. The molecule has 1 amide bonds. The number of carbonyl (C=O) groups is 1. The fourth-order valence-corrected chi connectivity index (χ4v) is 3.68. The van der Waals surface area contributed by atoms with Crippen LogP contribution in [0.2, 0.25) is 0 Å². The molecule has 0 aliphatic rings. The summed E-state index contributed by atoms with van der Waals surface area (Å²) in [6.45, 7) is 0. The minimum Gasteiger partial charge on any atom is -0.397 e. The molecule has 0 radical (unpaired) electrons. The molecule has 0 spiro atoms. The van der Waals surface area contributed by atoms with E-state index < -0.39 is 10.8 Å². The molecule has 0 saturated heterocycles. The summed E-state index contributed by atoms with van der Waals surface area (Å²) in [5.74, 6) is 0.0644. The Morgan fingerprint density at radius 1 is 1.14 bits per heavy atom. The number of hydrogen-bond acceptors (Lipinski definition) is 3. The van der Waals surface area contributed by atoms with Crippen molar-refractivity contribution in [2.45, 2.75) is 11.3 Å². The van der Waals surface area contributed by atoms with Crippen LogP contribution >= 0.6 is 15.9 Å². The maximum absolute atomic E-state index is 12.2. The topological polar surface area (TPSA) is 72.2 Å². The summed E-state index contributed by atoms with van der Waals surface area (Å²) in [6.07, 6.45) is 0.169. The summed E-state index contributed by atoms with van der Waals surface area (Å²) in [5, 5.41) is 2.72. The van der Waals surface area contributed by atoms with Gasteiger partial charge in [-0.1, -0.05) is 24.3 Å². The molecule has 2 aromatic rings. The number of para-hydroxylation sites is 2. The van der Waals surface area contributed by atoms with E-state index in [1.54, 1.807) is 30.3 Å². The number of amides is 1. The van der Waals surface area contributed by atoms with Gasteiger partial charge >= 0.3 is 0 Å². The first-order valence-electron chi connectivity index (χ1n) is 6.35. The van der Waals surface area contributed by atoms with E-state index in [0.717, 1.165) is 4.47 Å². The first-order valence-corrected chi connectivity index (χ1v) is 8.46. The van der Waals surface area contributed by atoms with E-state index in [4.69, 9.17) is 5.73 Å². The second-order valence-corrected chi connectivity index (χ2v) is 6.76. The lowest BCUT2D eigenvalue weighted by Crippen LogP contribution is -2.15. The normalized spacial score (nSPS) is 11.9. The van der Waals surface area contributed by atoms with Crippen LogP contribution in [0.15, 0.2) is 57.9 Å². The Hall–Kier alpha value is -1.66. The Labute approximate surface area is 134 Å². The number of anilines is 2. The summed E-state index contributed by atoms with van der Waals surface area (Å²) in [7, 11) is -1.22. The molecule has 0 fully saturated rings. The fourth-order valence-electron chi connectivity index (χ4n) is 1.75. The van der Waals surface area contributed by atoms with Gasteiger partial charge in [-0.25, -0.2) is 0 Å². The largest absolute Gasteiger partial charge is 0.397 e. The monoisotopic (exact) mass is 366 g/mol. The number of nitrogen functional groups attached to an aromatic ring is 1. The van der Waals surface area contributed by atoms with Crippen LogP contribution in [0.3, 0.4) is 0 Å². The van der Waals surface area contributed by atoms with Crippen LogP contribution in [0.4, 0.5) is 11.4 Å². The van der Waals surface area contributed by atoms with Crippen LogP contribution in [0.1, 0.15) is 6.42 Å². The van der Waals surface area contributed by atoms with E-state index in [1.807, 2.05) is 18.2 Å².